The molecule has 3 heterocycles. The van der Waals surface area contributed by atoms with Gasteiger partial charge in [0, 0.05) is 19.1 Å². The Morgan fingerprint density at radius 1 is 1.45 bits per heavy atom. The molecule has 1 aliphatic rings. The third-order valence-corrected chi connectivity index (χ3v) is 4.09. The minimum absolute atomic E-state index is 0.0873. The average Bonchev–Trinajstić information content (AvgIpc) is 2.85. The zero-order chi connectivity index (χ0) is 14.2. The summed E-state index contributed by atoms with van der Waals surface area (Å²) in [5, 5.41) is 7.63. The van der Waals surface area contributed by atoms with Crippen LogP contribution < -0.4 is 9.62 Å². The molecule has 0 bridgehead atoms. The molecule has 2 aromatic rings. The van der Waals surface area contributed by atoms with Gasteiger partial charge >= 0.3 is 0 Å². The zero-order valence-corrected chi connectivity index (χ0v) is 11.9. The van der Waals surface area contributed by atoms with Crippen molar-refractivity contribution >= 4 is 26.9 Å². The van der Waals surface area contributed by atoms with Crippen LogP contribution in [-0.2, 0) is 10.0 Å². The minimum Gasteiger partial charge on any atom is -0.354 e. The van der Waals surface area contributed by atoms with Crippen LogP contribution in [0.3, 0.4) is 0 Å². The number of rotatable bonds is 3. The largest absolute Gasteiger partial charge is 0.354 e. The van der Waals surface area contributed by atoms with Crippen molar-refractivity contribution in [3.8, 4) is 0 Å². The first-order chi connectivity index (χ1) is 9.53. The van der Waals surface area contributed by atoms with Crippen LogP contribution in [0.4, 0.5) is 5.82 Å². The van der Waals surface area contributed by atoms with Gasteiger partial charge in [0.1, 0.15) is 12.1 Å². The summed E-state index contributed by atoms with van der Waals surface area (Å²) in [7, 11) is -3.19. The van der Waals surface area contributed by atoms with Gasteiger partial charge in [0.25, 0.3) is 0 Å². The van der Waals surface area contributed by atoms with Gasteiger partial charge in [-0.25, -0.2) is 23.1 Å². The lowest BCUT2D eigenvalue weighted by atomic mass is 10.1. The van der Waals surface area contributed by atoms with Crippen LogP contribution in [0.1, 0.15) is 12.8 Å². The molecule has 1 unspecified atom stereocenters. The highest BCUT2D eigenvalue weighted by Crippen LogP contribution is 2.24. The van der Waals surface area contributed by atoms with E-state index in [4.69, 9.17) is 0 Å². The quantitative estimate of drug-likeness (QED) is 0.817. The normalized spacial score (nSPS) is 20.4. The maximum absolute atomic E-state index is 11.3. The first kappa shape index (κ1) is 13.3. The molecule has 0 spiro atoms. The number of nitrogens with zero attached hydrogens (tertiary/aromatic N) is 4. The number of sulfonamides is 1. The second-order valence-corrected chi connectivity index (χ2v) is 6.78. The Hall–Kier alpha value is -1.74. The smallest absolute Gasteiger partial charge is 0.209 e. The molecular weight excluding hydrogens is 280 g/mol. The summed E-state index contributed by atoms with van der Waals surface area (Å²) in [4.78, 5) is 10.5. The number of aromatic nitrogens is 4. The molecule has 2 aromatic heterocycles. The van der Waals surface area contributed by atoms with Gasteiger partial charge in [-0.05, 0) is 12.8 Å². The monoisotopic (exact) mass is 296 g/mol. The van der Waals surface area contributed by atoms with Gasteiger partial charge < -0.3 is 4.90 Å². The highest BCUT2D eigenvalue weighted by molar-refractivity contribution is 7.88. The molecule has 2 N–H and O–H groups in total. The number of hydrogen-bond acceptors (Lipinski definition) is 6. The summed E-state index contributed by atoms with van der Waals surface area (Å²) in [5.74, 6) is 0.795. The number of piperidine rings is 1. The second-order valence-electron chi connectivity index (χ2n) is 5.00. The molecule has 1 aliphatic heterocycles. The predicted molar refractivity (Wildman–Crippen MR) is 74.9 cm³/mol. The van der Waals surface area contributed by atoms with E-state index in [1.165, 1.54) is 12.6 Å². The molecule has 0 aromatic carbocycles. The van der Waals surface area contributed by atoms with Crippen molar-refractivity contribution in [1.82, 2.24) is 24.9 Å². The molecule has 9 heteroatoms. The van der Waals surface area contributed by atoms with Crippen LogP contribution in [-0.4, -0.2) is 54.0 Å². The van der Waals surface area contributed by atoms with Crippen molar-refractivity contribution in [2.45, 2.75) is 18.9 Å². The Kier molecular flexibility index (Phi) is 3.30. The maximum atomic E-state index is 11.3. The van der Waals surface area contributed by atoms with E-state index in [0.717, 1.165) is 30.6 Å². The highest BCUT2D eigenvalue weighted by Gasteiger charge is 2.24. The van der Waals surface area contributed by atoms with E-state index in [9.17, 15) is 8.42 Å². The van der Waals surface area contributed by atoms with Crippen molar-refractivity contribution in [1.29, 1.82) is 0 Å². The maximum Gasteiger partial charge on any atom is 0.209 e. The molecule has 1 saturated heterocycles. The third-order valence-electron chi connectivity index (χ3n) is 3.33. The number of hydrogen-bond donors (Lipinski definition) is 2. The van der Waals surface area contributed by atoms with Crippen molar-refractivity contribution in [3.63, 3.8) is 0 Å². The van der Waals surface area contributed by atoms with Crippen molar-refractivity contribution in [2.24, 2.45) is 0 Å². The zero-order valence-electron chi connectivity index (χ0n) is 11.1. The molecule has 1 fully saturated rings. The van der Waals surface area contributed by atoms with Crippen LogP contribution in [0.2, 0.25) is 0 Å². The third kappa shape index (κ3) is 2.73. The van der Waals surface area contributed by atoms with E-state index in [2.05, 4.69) is 29.8 Å². The fourth-order valence-corrected chi connectivity index (χ4v) is 3.37. The lowest BCUT2D eigenvalue weighted by molar-refractivity contribution is 0.466. The van der Waals surface area contributed by atoms with Crippen LogP contribution in [0, 0.1) is 0 Å². The predicted octanol–water partition coefficient (Wildman–Crippen LogP) is -0.129. The Balaban J connectivity index is 1.85. The van der Waals surface area contributed by atoms with Crippen molar-refractivity contribution in [2.75, 3.05) is 24.2 Å². The van der Waals surface area contributed by atoms with Crippen LogP contribution in [0.25, 0.3) is 11.0 Å². The van der Waals surface area contributed by atoms with Gasteiger partial charge in [0.2, 0.25) is 10.0 Å². The second kappa shape index (κ2) is 4.98. The van der Waals surface area contributed by atoms with Crippen LogP contribution in [0.15, 0.2) is 12.5 Å². The van der Waals surface area contributed by atoms with Gasteiger partial charge in [-0.3, -0.25) is 5.10 Å². The van der Waals surface area contributed by atoms with E-state index in [0.29, 0.717) is 12.2 Å². The van der Waals surface area contributed by atoms with Gasteiger partial charge in [0.15, 0.2) is 5.65 Å². The van der Waals surface area contributed by atoms with Gasteiger partial charge in [0.05, 0.1) is 17.8 Å². The summed E-state index contributed by atoms with van der Waals surface area (Å²) in [6.45, 7) is 1.45. The summed E-state index contributed by atoms with van der Waals surface area (Å²) in [5.41, 5.74) is 0.688. The molecule has 0 saturated carbocycles. The standard InChI is InChI=1S/C11H16N6O2S/c1-20(18,19)16-8-3-2-4-17(6-8)11-9-5-14-15-10(9)12-7-13-11/h5,7-8,16H,2-4,6H2,1H3,(H,12,13,14,15). The summed E-state index contributed by atoms with van der Waals surface area (Å²) < 4.78 is 25.4. The van der Waals surface area contributed by atoms with E-state index < -0.39 is 10.0 Å². The highest BCUT2D eigenvalue weighted by atomic mass is 32.2. The average molecular weight is 296 g/mol. The van der Waals surface area contributed by atoms with Crippen molar-refractivity contribution in [3.05, 3.63) is 12.5 Å². The van der Waals surface area contributed by atoms with E-state index in [1.807, 2.05) is 0 Å². The first-order valence-electron chi connectivity index (χ1n) is 6.39. The van der Waals surface area contributed by atoms with E-state index in [1.54, 1.807) is 6.20 Å². The molecule has 1 atom stereocenters. The molecule has 0 amide bonds. The van der Waals surface area contributed by atoms with Crippen molar-refractivity contribution < 1.29 is 8.42 Å². The van der Waals surface area contributed by atoms with E-state index >= 15 is 0 Å². The van der Waals surface area contributed by atoms with Gasteiger partial charge in [-0.2, -0.15) is 5.10 Å². The summed E-state index contributed by atoms with van der Waals surface area (Å²) in [6, 6.07) is -0.0873. The Morgan fingerprint density at radius 3 is 3.10 bits per heavy atom. The molecule has 0 radical (unpaired) electrons. The molecule has 0 aliphatic carbocycles. The number of nitrogens with one attached hydrogen (secondary N) is 2. The fourth-order valence-electron chi connectivity index (χ4n) is 2.57. The number of anilines is 1. The lowest BCUT2D eigenvalue weighted by Gasteiger charge is -2.33. The number of aromatic amines is 1. The lowest BCUT2D eigenvalue weighted by Crippen LogP contribution is -2.47. The molecule has 8 nitrogen and oxygen atoms in total. The molecule has 20 heavy (non-hydrogen) atoms. The van der Waals surface area contributed by atoms with Crippen LogP contribution in [0.5, 0.6) is 0 Å². The first-order valence-corrected chi connectivity index (χ1v) is 8.28. The van der Waals surface area contributed by atoms with Crippen LogP contribution >= 0.6 is 0 Å². The Morgan fingerprint density at radius 2 is 2.30 bits per heavy atom. The van der Waals surface area contributed by atoms with E-state index in [-0.39, 0.29) is 6.04 Å². The van der Waals surface area contributed by atoms with Gasteiger partial charge in [-0.1, -0.05) is 0 Å². The summed E-state index contributed by atoms with van der Waals surface area (Å²) in [6.07, 6.45) is 6.12. The molecule has 108 valence electrons. The topological polar surface area (TPSA) is 104 Å². The Labute approximate surface area is 116 Å². The number of H-pyrrole nitrogens is 1. The molecule has 3 rings (SSSR count). The minimum atomic E-state index is -3.19. The number of fused-ring (bicyclic) bond motifs is 1. The molecular formula is C11H16N6O2S. The summed E-state index contributed by atoms with van der Waals surface area (Å²) >= 11 is 0. The Bertz CT molecular complexity index is 713. The SMILES string of the molecule is CS(=O)(=O)NC1CCCN(c2ncnc3[nH]ncc23)C1. The van der Waals surface area contributed by atoms with Gasteiger partial charge in [-0.15, -0.1) is 0 Å². The fraction of sp³-hybridized carbons (Fsp3) is 0.545.